The molecule has 0 radical (unpaired) electrons. The van der Waals surface area contributed by atoms with Gasteiger partial charge in [0, 0.05) is 24.4 Å². The number of nitrogens with one attached hydrogen (secondary N) is 2. The zero-order valence-corrected chi connectivity index (χ0v) is 11.7. The van der Waals surface area contributed by atoms with Gasteiger partial charge in [-0.25, -0.2) is 4.79 Å². The highest BCUT2D eigenvalue weighted by Gasteiger charge is 2.07. The molecule has 3 N–H and O–H groups in total. The highest BCUT2D eigenvalue weighted by molar-refractivity contribution is 5.89. The van der Waals surface area contributed by atoms with E-state index in [9.17, 15) is 20.0 Å². The third-order valence-corrected chi connectivity index (χ3v) is 3.06. The number of carbonyl (C=O) groups excluding carboxylic acids is 1. The highest BCUT2D eigenvalue weighted by atomic mass is 16.6. The number of anilines is 1. The molecule has 0 heterocycles. The number of nitro groups is 1. The molecule has 0 saturated carbocycles. The number of rotatable bonds is 5. The summed E-state index contributed by atoms with van der Waals surface area (Å²) < 4.78 is 0. The Kier molecular flexibility index (Phi) is 5.05. The Morgan fingerprint density at radius 2 is 1.73 bits per heavy atom. The molecular weight excluding hydrogens is 286 g/mol. The zero-order valence-electron chi connectivity index (χ0n) is 11.7. The molecule has 2 aromatic rings. The average Bonchev–Trinajstić information content (AvgIpc) is 2.53. The second-order valence-electron chi connectivity index (χ2n) is 4.54. The molecule has 0 unspecified atom stereocenters. The standard InChI is InChI=1S/C15H15N3O4/c19-10-12-4-2-1-3-11(12)9-16-15(20)17-13-5-7-14(8-6-13)18(21)22/h1-8,19H,9-10H2,(H2,16,17,20). The fourth-order valence-electron chi connectivity index (χ4n) is 1.90. The molecule has 7 nitrogen and oxygen atoms in total. The molecule has 0 bridgehead atoms. The van der Waals surface area contributed by atoms with Crippen molar-refractivity contribution in [3.63, 3.8) is 0 Å². The van der Waals surface area contributed by atoms with Gasteiger partial charge in [0.1, 0.15) is 0 Å². The lowest BCUT2D eigenvalue weighted by molar-refractivity contribution is -0.384. The van der Waals surface area contributed by atoms with Gasteiger partial charge in [0.05, 0.1) is 11.5 Å². The lowest BCUT2D eigenvalue weighted by atomic mass is 10.1. The number of non-ortho nitro benzene ring substituents is 1. The minimum Gasteiger partial charge on any atom is -0.392 e. The number of carbonyl (C=O) groups is 1. The molecule has 2 aromatic carbocycles. The van der Waals surface area contributed by atoms with E-state index in [1.54, 1.807) is 6.07 Å². The maximum Gasteiger partial charge on any atom is 0.319 e. The van der Waals surface area contributed by atoms with Gasteiger partial charge < -0.3 is 15.7 Å². The quantitative estimate of drug-likeness (QED) is 0.582. The first-order chi connectivity index (χ1) is 10.6. The molecule has 0 fully saturated rings. The Bertz CT molecular complexity index is 671. The summed E-state index contributed by atoms with van der Waals surface area (Å²) in [6.07, 6.45) is 0. The van der Waals surface area contributed by atoms with Crippen LogP contribution in [0, 0.1) is 10.1 Å². The zero-order chi connectivity index (χ0) is 15.9. The summed E-state index contributed by atoms with van der Waals surface area (Å²) >= 11 is 0. The highest BCUT2D eigenvalue weighted by Crippen LogP contribution is 2.15. The molecule has 0 aliphatic rings. The normalized spacial score (nSPS) is 10.0. The number of aliphatic hydroxyl groups excluding tert-OH is 1. The van der Waals surface area contributed by atoms with Gasteiger partial charge >= 0.3 is 6.03 Å². The fraction of sp³-hybridized carbons (Fsp3) is 0.133. The molecule has 7 heteroatoms. The number of nitrogens with zero attached hydrogens (tertiary/aromatic N) is 1. The molecule has 114 valence electrons. The van der Waals surface area contributed by atoms with E-state index in [1.807, 2.05) is 18.2 Å². The van der Waals surface area contributed by atoms with E-state index >= 15 is 0 Å². The predicted octanol–water partition coefficient (Wildman–Crippen LogP) is 2.41. The molecule has 2 rings (SSSR count). The fourth-order valence-corrected chi connectivity index (χ4v) is 1.90. The van der Waals surface area contributed by atoms with Crippen LogP contribution in [0.2, 0.25) is 0 Å². The van der Waals surface area contributed by atoms with Crippen LogP contribution in [0.3, 0.4) is 0 Å². The third kappa shape index (κ3) is 4.03. The van der Waals surface area contributed by atoms with Crippen LogP contribution in [-0.4, -0.2) is 16.1 Å². The van der Waals surface area contributed by atoms with Crippen molar-refractivity contribution in [2.45, 2.75) is 13.2 Å². The molecular formula is C15H15N3O4. The molecule has 0 aliphatic carbocycles. The first kappa shape index (κ1) is 15.5. The van der Waals surface area contributed by atoms with Crippen molar-refractivity contribution in [3.05, 3.63) is 69.8 Å². The first-order valence-corrected chi connectivity index (χ1v) is 6.57. The molecule has 0 spiro atoms. The van der Waals surface area contributed by atoms with E-state index in [2.05, 4.69) is 10.6 Å². The van der Waals surface area contributed by atoms with Crippen LogP contribution in [0.1, 0.15) is 11.1 Å². The number of hydrogen-bond acceptors (Lipinski definition) is 4. The van der Waals surface area contributed by atoms with Crippen LogP contribution in [0.25, 0.3) is 0 Å². The van der Waals surface area contributed by atoms with Crippen LogP contribution in [0.5, 0.6) is 0 Å². The average molecular weight is 301 g/mol. The second-order valence-corrected chi connectivity index (χ2v) is 4.54. The number of amides is 2. The Hall–Kier alpha value is -2.93. The van der Waals surface area contributed by atoms with Crippen molar-refractivity contribution in [3.8, 4) is 0 Å². The Morgan fingerprint density at radius 3 is 2.32 bits per heavy atom. The number of benzene rings is 2. The lowest BCUT2D eigenvalue weighted by Gasteiger charge is -2.10. The van der Waals surface area contributed by atoms with Gasteiger partial charge in [0.2, 0.25) is 0 Å². The maximum absolute atomic E-state index is 11.8. The minimum atomic E-state index is -0.504. The summed E-state index contributed by atoms with van der Waals surface area (Å²) in [4.78, 5) is 21.8. The van der Waals surface area contributed by atoms with Gasteiger partial charge in [-0.3, -0.25) is 10.1 Å². The van der Waals surface area contributed by atoms with Crippen molar-refractivity contribution in [2.24, 2.45) is 0 Å². The van der Waals surface area contributed by atoms with Crippen LogP contribution in [-0.2, 0) is 13.2 Å². The first-order valence-electron chi connectivity index (χ1n) is 6.57. The summed E-state index contributed by atoms with van der Waals surface area (Å²) in [6.45, 7) is 0.178. The minimum absolute atomic E-state index is 0.0390. The van der Waals surface area contributed by atoms with Crippen molar-refractivity contribution in [1.29, 1.82) is 0 Å². The van der Waals surface area contributed by atoms with Crippen LogP contribution >= 0.6 is 0 Å². The molecule has 0 atom stereocenters. The van der Waals surface area contributed by atoms with Crippen molar-refractivity contribution in [1.82, 2.24) is 5.32 Å². The molecule has 0 aliphatic heterocycles. The Morgan fingerprint density at radius 1 is 1.09 bits per heavy atom. The SMILES string of the molecule is O=C(NCc1ccccc1CO)Nc1ccc([N+](=O)[O-])cc1. The van der Waals surface area contributed by atoms with E-state index < -0.39 is 11.0 Å². The van der Waals surface area contributed by atoms with E-state index in [4.69, 9.17) is 0 Å². The molecule has 0 saturated heterocycles. The number of urea groups is 1. The topological polar surface area (TPSA) is 104 Å². The number of nitro benzene ring substituents is 1. The summed E-state index contributed by atoms with van der Waals surface area (Å²) in [5.74, 6) is 0. The summed E-state index contributed by atoms with van der Waals surface area (Å²) in [5, 5.41) is 25.0. The molecule has 0 aromatic heterocycles. The predicted molar refractivity (Wildman–Crippen MR) is 81.3 cm³/mol. The monoisotopic (exact) mass is 301 g/mol. The largest absolute Gasteiger partial charge is 0.392 e. The van der Waals surface area contributed by atoms with Gasteiger partial charge in [-0.15, -0.1) is 0 Å². The number of hydrogen-bond donors (Lipinski definition) is 3. The van der Waals surface area contributed by atoms with Gasteiger partial charge in [0.15, 0.2) is 0 Å². The van der Waals surface area contributed by atoms with Crippen LogP contribution < -0.4 is 10.6 Å². The van der Waals surface area contributed by atoms with Crippen LogP contribution in [0.4, 0.5) is 16.2 Å². The van der Waals surface area contributed by atoms with Crippen LogP contribution in [0.15, 0.2) is 48.5 Å². The maximum atomic E-state index is 11.8. The Labute approximate surface area is 126 Å². The molecule has 2 amide bonds. The second kappa shape index (κ2) is 7.19. The van der Waals surface area contributed by atoms with Crippen molar-refractivity contribution in [2.75, 3.05) is 5.32 Å². The van der Waals surface area contributed by atoms with Gasteiger partial charge in [-0.05, 0) is 23.3 Å². The molecule has 22 heavy (non-hydrogen) atoms. The Balaban J connectivity index is 1.91. The van der Waals surface area contributed by atoms with E-state index in [0.717, 1.165) is 11.1 Å². The van der Waals surface area contributed by atoms with Gasteiger partial charge in [-0.2, -0.15) is 0 Å². The van der Waals surface area contributed by atoms with Crippen molar-refractivity contribution < 1.29 is 14.8 Å². The van der Waals surface area contributed by atoms with E-state index in [-0.39, 0.29) is 18.8 Å². The van der Waals surface area contributed by atoms with Gasteiger partial charge in [-0.1, -0.05) is 24.3 Å². The van der Waals surface area contributed by atoms with E-state index in [0.29, 0.717) is 5.69 Å². The number of aliphatic hydroxyl groups is 1. The summed E-state index contributed by atoms with van der Waals surface area (Å²) in [7, 11) is 0. The lowest BCUT2D eigenvalue weighted by Crippen LogP contribution is -2.28. The summed E-state index contributed by atoms with van der Waals surface area (Å²) in [6, 6.07) is 12.4. The van der Waals surface area contributed by atoms with E-state index in [1.165, 1.54) is 24.3 Å². The summed E-state index contributed by atoms with van der Waals surface area (Å²) in [5.41, 5.74) is 1.99. The van der Waals surface area contributed by atoms with Gasteiger partial charge in [0.25, 0.3) is 5.69 Å². The smallest absolute Gasteiger partial charge is 0.319 e. The van der Waals surface area contributed by atoms with Crippen molar-refractivity contribution >= 4 is 17.4 Å². The third-order valence-electron chi connectivity index (χ3n) is 3.06.